The Morgan fingerprint density at radius 1 is 0.630 bits per heavy atom. The molecule has 2 aliphatic carbocycles. The third kappa shape index (κ3) is 7.78. The standard InChI is InChI=1S/C42H65N2P.HI/c1-28(2)36-23-17-24-37(29(3)4)41(36)43-32(9)33(10)44(42-38(30(5)6)25-18-26-39(42)31(7)8)40(43)27-45(34-19-13-11-14-20-34)35-21-15-12-16-22-35;/h17-18,23-26,28-31,34-35,40H,11-16,19-22,27H2,1-10H3;1H. The zero-order valence-corrected chi connectivity index (χ0v) is 34.1. The van der Waals surface area contributed by atoms with Crippen LogP contribution in [0, 0.1) is 0 Å². The Morgan fingerprint density at radius 2 is 1.02 bits per heavy atom. The maximum Gasteiger partial charge on any atom is 0.180 e. The smallest absolute Gasteiger partial charge is 0.180 e. The van der Waals surface area contributed by atoms with Gasteiger partial charge in [0.1, 0.15) is 11.4 Å². The SMILES string of the molecule is CC1=C(C)[NH+](c2c(C(C)C)cccc2C(C)C)C(CP(C2CCCCC2)C2CCCCC2)N1c1c(C(C)C)cccc1C(C)C.[I-]. The largest absolute Gasteiger partial charge is 1.00 e. The van der Waals surface area contributed by atoms with Crippen molar-refractivity contribution in [3.8, 4) is 0 Å². The average molecular weight is 757 g/mol. The molecule has 1 heterocycles. The second-order valence-corrected chi connectivity index (χ2v) is 18.9. The first-order chi connectivity index (χ1) is 21.5. The number of nitrogens with zero attached hydrogens (tertiary/aromatic N) is 1. The molecule has 2 aromatic rings. The van der Waals surface area contributed by atoms with Crippen molar-refractivity contribution in [2.24, 2.45) is 0 Å². The van der Waals surface area contributed by atoms with Crippen LogP contribution >= 0.6 is 7.92 Å². The lowest BCUT2D eigenvalue weighted by Crippen LogP contribution is -3.10. The predicted molar refractivity (Wildman–Crippen MR) is 200 cm³/mol. The first kappa shape index (κ1) is 37.9. The van der Waals surface area contributed by atoms with Crippen LogP contribution in [0.4, 0.5) is 11.4 Å². The van der Waals surface area contributed by atoms with E-state index in [1.165, 1.54) is 92.9 Å². The normalized spacial score (nSPS) is 21.8. The Bertz CT molecular complexity index is 1160. The fourth-order valence-corrected chi connectivity index (χ4v) is 13.1. The minimum Gasteiger partial charge on any atom is -1.00 e. The molecule has 1 aliphatic heterocycles. The Morgan fingerprint density at radius 3 is 1.41 bits per heavy atom. The zero-order valence-electron chi connectivity index (χ0n) is 31.1. The number of allylic oxidation sites excluding steroid dienone is 2. The molecule has 0 saturated heterocycles. The van der Waals surface area contributed by atoms with Crippen molar-refractivity contribution in [3.63, 3.8) is 0 Å². The fraction of sp³-hybridized carbons (Fsp3) is 0.667. The molecule has 0 bridgehead atoms. The summed E-state index contributed by atoms with van der Waals surface area (Å²) in [4.78, 5) is 4.60. The van der Waals surface area contributed by atoms with Gasteiger partial charge in [-0.15, -0.1) is 0 Å². The molecule has 2 nitrogen and oxygen atoms in total. The number of halogens is 1. The average Bonchev–Trinajstić information content (AvgIpc) is 3.27. The van der Waals surface area contributed by atoms with Gasteiger partial charge in [-0.2, -0.15) is 0 Å². The van der Waals surface area contributed by atoms with Crippen molar-refractivity contribution in [2.75, 3.05) is 11.1 Å². The van der Waals surface area contributed by atoms with Crippen molar-refractivity contribution in [1.29, 1.82) is 0 Å². The number of para-hydroxylation sites is 2. The van der Waals surface area contributed by atoms with E-state index in [1.807, 2.05) is 0 Å². The third-order valence-corrected chi connectivity index (χ3v) is 15.3. The lowest BCUT2D eigenvalue weighted by Gasteiger charge is -2.43. The van der Waals surface area contributed by atoms with Crippen molar-refractivity contribution >= 4 is 19.3 Å². The van der Waals surface area contributed by atoms with E-state index >= 15 is 0 Å². The molecule has 2 unspecified atom stereocenters. The van der Waals surface area contributed by atoms with Gasteiger partial charge in [-0.05, 0) is 78.7 Å². The van der Waals surface area contributed by atoms with Crippen LogP contribution in [-0.2, 0) is 0 Å². The quantitative estimate of drug-likeness (QED) is 0.188. The minimum atomic E-state index is -0.0691. The van der Waals surface area contributed by atoms with Crippen molar-refractivity contribution < 1.29 is 28.9 Å². The van der Waals surface area contributed by atoms with Gasteiger partial charge in [-0.3, -0.25) is 9.80 Å². The van der Waals surface area contributed by atoms with Crippen LogP contribution in [0.25, 0.3) is 0 Å². The molecular weight excluding hydrogens is 690 g/mol. The van der Waals surface area contributed by atoms with Gasteiger partial charge in [-0.25, -0.2) is 0 Å². The monoisotopic (exact) mass is 756 g/mol. The molecule has 5 rings (SSSR count). The van der Waals surface area contributed by atoms with Gasteiger partial charge in [0, 0.05) is 24.2 Å². The van der Waals surface area contributed by atoms with E-state index in [0.29, 0.717) is 29.8 Å². The molecule has 2 fully saturated rings. The molecule has 1 N–H and O–H groups in total. The number of anilines is 1. The van der Waals surface area contributed by atoms with Gasteiger partial charge in [0.2, 0.25) is 0 Å². The number of quaternary nitrogens is 1. The number of nitrogens with one attached hydrogen (secondary N) is 1. The van der Waals surface area contributed by atoms with E-state index in [9.17, 15) is 0 Å². The molecular formula is C42H66IN2P. The molecule has 2 atom stereocenters. The predicted octanol–water partition coefficient (Wildman–Crippen LogP) is 8.95. The van der Waals surface area contributed by atoms with E-state index in [-0.39, 0.29) is 31.9 Å². The highest BCUT2D eigenvalue weighted by atomic mass is 127. The molecule has 2 aromatic carbocycles. The molecule has 256 valence electrons. The summed E-state index contributed by atoms with van der Waals surface area (Å²) in [5.41, 5.74) is 14.3. The van der Waals surface area contributed by atoms with Gasteiger partial charge < -0.3 is 24.0 Å². The summed E-state index contributed by atoms with van der Waals surface area (Å²) in [6.45, 7) is 24.2. The Kier molecular flexibility index (Phi) is 13.7. The number of hydrogen-bond donors (Lipinski definition) is 1. The lowest BCUT2D eigenvalue weighted by atomic mass is 9.91. The van der Waals surface area contributed by atoms with E-state index < -0.39 is 0 Å². The van der Waals surface area contributed by atoms with E-state index in [0.717, 1.165) is 11.3 Å². The maximum atomic E-state index is 2.93. The first-order valence-corrected chi connectivity index (χ1v) is 20.5. The highest BCUT2D eigenvalue weighted by molar-refractivity contribution is 7.59. The van der Waals surface area contributed by atoms with Crippen LogP contribution in [-0.4, -0.2) is 23.6 Å². The van der Waals surface area contributed by atoms with Crippen molar-refractivity contribution in [2.45, 2.75) is 175 Å². The first-order valence-electron chi connectivity index (χ1n) is 18.9. The molecule has 46 heavy (non-hydrogen) atoms. The lowest BCUT2D eigenvalue weighted by molar-refractivity contribution is -0.809. The molecule has 0 aromatic heterocycles. The summed E-state index contributed by atoms with van der Waals surface area (Å²) in [6, 6.07) is 14.5. The summed E-state index contributed by atoms with van der Waals surface area (Å²) < 4.78 is 0. The molecule has 0 amide bonds. The second kappa shape index (κ2) is 16.7. The molecule has 0 radical (unpaired) electrons. The Balaban J connectivity index is 0.00000480. The van der Waals surface area contributed by atoms with Crippen LogP contribution < -0.4 is 33.8 Å². The summed E-state index contributed by atoms with van der Waals surface area (Å²) in [5.74, 6) is 1.98. The molecule has 3 aliphatic rings. The Hall–Kier alpha value is -0.900. The van der Waals surface area contributed by atoms with Crippen molar-refractivity contribution in [1.82, 2.24) is 0 Å². The van der Waals surface area contributed by atoms with Crippen LogP contribution in [0.15, 0.2) is 47.8 Å². The molecule has 4 heteroatoms. The topological polar surface area (TPSA) is 7.68 Å². The summed E-state index contributed by atoms with van der Waals surface area (Å²) >= 11 is 0. The fourth-order valence-electron chi connectivity index (χ4n) is 9.11. The van der Waals surface area contributed by atoms with Gasteiger partial charge in [0.05, 0.1) is 11.4 Å². The van der Waals surface area contributed by atoms with Crippen LogP contribution in [0.5, 0.6) is 0 Å². The highest BCUT2D eigenvalue weighted by Crippen LogP contribution is 2.57. The van der Waals surface area contributed by atoms with E-state index in [4.69, 9.17) is 0 Å². The third-order valence-electron chi connectivity index (χ3n) is 11.6. The maximum absolute atomic E-state index is 2.93. The van der Waals surface area contributed by atoms with E-state index in [1.54, 1.807) is 27.4 Å². The number of hydrogen-bond acceptors (Lipinski definition) is 1. The zero-order chi connectivity index (χ0) is 32.4. The van der Waals surface area contributed by atoms with Gasteiger partial charge in [0.15, 0.2) is 6.17 Å². The second-order valence-electron chi connectivity index (χ2n) is 16.0. The highest BCUT2D eigenvalue weighted by Gasteiger charge is 2.48. The number of rotatable bonds is 10. The van der Waals surface area contributed by atoms with Crippen LogP contribution in [0.1, 0.15) is 179 Å². The molecule has 2 saturated carbocycles. The molecule has 0 spiro atoms. The summed E-state index contributed by atoms with van der Waals surface area (Å²) in [6.07, 6.45) is 16.4. The van der Waals surface area contributed by atoms with Gasteiger partial charge in [0.25, 0.3) is 0 Å². The summed E-state index contributed by atoms with van der Waals surface area (Å²) in [7, 11) is -0.0691. The Labute approximate surface area is 302 Å². The van der Waals surface area contributed by atoms with Crippen molar-refractivity contribution in [3.05, 3.63) is 70.0 Å². The van der Waals surface area contributed by atoms with Gasteiger partial charge in [-0.1, -0.05) is 138 Å². The van der Waals surface area contributed by atoms with Crippen LogP contribution in [0.3, 0.4) is 0 Å². The van der Waals surface area contributed by atoms with E-state index in [2.05, 4.69) is 111 Å². The number of benzene rings is 2. The summed E-state index contributed by atoms with van der Waals surface area (Å²) in [5, 5.41) is 0. The minimum absolute atomic E-state index is 0. The van der Waals surface area contributed by atoms with Gasteiger partial charge >= 0.3 is 0 Å². The van der Waals surface area contributed by atoms with Crippen LogP contribution in [0.2, 0.25) is 0 Å².